The molecule has 0 saturated carbocycles. The van der Waals surface area contributed by atoms with Gasteiger partial charge in [0.25, 0.3) is 5.97 Å². The van der Waals surface area contributed by atoms with Gasteiger partial charge in [-0.3, -0.25) is 4.79 Å². The molecule has 0 aromatic heterocycles. The molecule has 0 atom stereocenters. The summed E-state index contributed by atoms with van der Waals surface area (Å²) in [5, 5.41) is 7.42. The third-order valence-corrected chi connectivity index (χ3v) is 0.539. The molecular formula is C5H12CrO8. The van der Waals surface area contributed by atoms with Gasteiger partial charge in [0.1, 0.15) is 6.79 Å². The van der Waals surface area contributed by atoms with Gasteiger partial charge in [0.15, 0.2) is 0 Å². The Hall–Kier alpha value is -0.558. The molecule has 0 radical (unpaired) electrons. The summed E-state index contributed by atoms with van der Waals surface area (Å²) < 4.78 is 41.3. The van der Waals surface area contributed by atoms with Crippen molar-refractivity contribution < 1.29 is 48.9 Å². The molecule has 1 saturated heterocycles. The third-order valence-electron chi connectivity index (χ3n) is 0.539. The molecule has 0 bridgehead atoms. The molecule has 0 unspecified atom stereocenters. The van der Waals surface area contributed by atoms with Crippen LogP contribution in [0.25, 0.3) is 0 Å². The number of ether oxygens (including phenoxy) is 2. The van der Waals surface area contributed by atoms with Crippen molar-refractivity contribution in [2.75, 3.05) is 20.0 Å². The first-order valence-corrected chi connectivity index (χ1v) is 5.46. The van der Waals surface area contributed by atoms with Crippen LogP contribution >= 0.6 is 0 Å². The summed E-state index contributed by atoms with van der Waals surface area (Å²) in [7, 11) is 0. The molecule has 1 rings (SSSR count). The number of rotatable bonds is 0. The predicted molar refractivity (Wildman–Crippen MR) is 35.9 cm³/mol. The van der Waals surface area contributed by atoms with Crippen LogP contribution in [0.1, 0.15) is 6.92 Å². The zero-order valence-corrected chi connectivity index (χ0v) is 8.69. The van der Waals surface area contributed by atoms with Crippen LogP contribution in [0.2, 0.25) is 0 Å². The molecular weight excluding hydrogens is 240 g/mol. The molecule has 1 fully saturated rings. The topological polar surface area (TPSA) is 130 Å². The first kappa shape index (κ1) is 15.9. The summed E-state index contributed by atoms with van der Waals surface area (Å²) in [6.07, 6.45) is 0. The molecule has 0 aromatic carbocycles. The van der Waals surface area contributed by atoms with E-state index in [1.54, 1.807) is 0 Å². The summed E-state index contributed by atoms with van der Waals surface area (Å²) in [4.78, 5) is 9.00. The van der Waals surface area contributed by atoms with Crippen molar-refractivity contribution in [2.45, 2.75) is 6.92 Å². The Bertz CT molecular complexity index is 209. The van der Waals surface area contributed by atoms with Crippen molar-refractivity contribution in [1.29, 1.82) is 0 Å². The van der Waals surface area contributed by atoms with Crippen molar-refractivity contribution in [3.8, 4) is 0 Å². The second-order valence-electron chi connectivity index (χ2n) is 1.90. The normalized spacial score (nSPS) is 14.5. The van der Waals surface area contributed by atoms with Gasteiger partial charge in [0, 0.05) is 6.92 Å². The molecule has 1 aliphatic heterocycles. The number of carbonyl (C=O) groups is 1. The minimum absolute atomic E-state index is 0.500. The molecule has 9 heteroatoms. The summed E-state index contributed by atoms with van der Waals surface area (Å²) in [5.74, 6) is -0.833. The van der Waals surface area contributed by atoms with E-state index in [1.807, 2.05) is 0 Å². The van der Waals surface area contributed by atoms with Crippen molar-refractivity contribution >= 4 is 5.97 Å². The second kappa shape index (κ2) is 9.02. The standard InChI is InChI=1S/C3H6O2.C2H4O2.Cr.2H2O.2O/c1-2-5-3-4-1;1-2(3)4;;;;;/h1-3H2;1H3,(H,3,4);;2*1H2;;/q;;+2;;;;/p-2. The van der Waals surface area contributed by atoms with Gasteiger partial charge in [-0.25, -0.2) is 0 Å². The molecule has 0 amide bonds. The molecule has 0 aromatic rings. The van der Waals surface area contributed by atoms with E-state index >= 15 is 0 Å². The Labute approximate surface area is 82.4 Å². The van der Waals surface area contributed by atoms with E-state index in [-0.39, 0.29) is 0 Å². The van der Waals surface area contributed by atoms with Gasteiger partial charge < -0.3 is 14.6 Å². The van der Waals surface area contributed by atoms with Crippen LogP contribution in [0, 0.1) is 0 Å². The SMILES string of the molecule is C1COCO1.CC(=O)O.[O]=[Cr](=[O])([OH])[OH]. The molecule has 3 N–H and O–H groups in total. The fourth-order valence-electron chi connectivity index (χ4n) is 0.295. The number of carboxylic acid groups (broad SMARTS) is 1. The van der Waals surface area contributed by atoms with Crippen molar-refractivity contribution in [3.05, 3.63) is 0 Å². The van der Waals surface area contributed by atoms with E-state index in [0.29, 0.717) is 6.79 Å². The summed E-state index contributed by atoms with van der Waals surface area (Å²) in [6.45, 7) is 3.14. The van der Waals surface area contributed by atoms with Crippen LogP contribution in [0.15, 0.2) is 0 Å². The molecule has 86 valence electrons. The Morgan fingerprint density at radius 3 is 1.50 bits per heavy atom. The average molecular weight is 252 g/mol. The third kappa shape index (κ3) is 63.2. The van der Waals surface area contributed by atoms with Crippen molar-refractivity contribution in [3.63, 3.8) is 0 Å². The number of carboxylic acids is 1. The van der Waals surface area contributed by atoms with Crippen LogP contribution in [-0.4, -0.2) is 39.4 Å². The Morgan fingerprint density at radius 1 is 1.21 bits per heavy atom. The molecule has 1 aliphatic rings. The molecule has 1 heterocycles. The van der Waals surface area contributed by atoms with E-state index in [1.165, 1.54) is 0 Å². The van der Waals surface area contributed by atoms with E-state index in [4.69, 9.17) is 35.3 Å². The van der Waals surface area contributed by atoms with E-state index < -0.39 is 19.6 Å². The van der Waals surface area contributed by atoms with E-state index in [2.05, 4.69) is 0 Å². The predicted octanol–water partition coefficient (Wildman–Crippen LogP) is -1.27. The van der Waals surface area contributed by atoms with Crippen molar-refractivity contribution in [1.82, 2.24) is 0 Å². The van der Waals surface area contributed by atoms with Gasteiger partial charge in [-0.1, -0.05) is 0 Å². The zero-order chi connectivity index (χ0) is 11.6. The van der Waals surface area contributed by atoms with E-state index in [0.717, 1.165) is 20.1 Å². The molecule has 0 aliphatic carbocycles. The van der Waals surface area contributed by atoms with Gasteiger partial charge in [-0.15, -0.1) is 0 Å². The quantitative estimate of drug-likeness (QED) is 0.486. The van der Waals surface area contributed by atoms with Crippen LogP contribution in [0.3, 0.4) is 0 Å². The maximum absolute atomic E-state index is 9.00. The van der Waals surface area contributed by atoms with Gasteiger partial charge in [-0.2, -0.15) is 0 Å². The molecule has 8 nitrogen and oxygen atoms in total. The van der Waals surface area contributed by atoms with Crippen LogP contribution in [-0.2, 0) is 35.5 Å². The molecule has 0 spiro atoms. The molecule has 14 heavy (non-hydrogen) atoms. The minimum atomic E-state index is -5.25. The average Bonchev–Trinajstić information content (AvgIpc) is 2.32. The first-order chi connectivity index (χ1) is 6.23. The van der Waals surface area contributed by atoms with Crippen LogP contribution < -0.4 is 0 Å². The maximum atomic E-state index is 9.00. The Kier molecular flexibility index (Phi) is 10.2. The van der Waals surface area contributed by atoms with Crippen LogP contribution in [0.4, 0.5) is 0 Å². The van der Waals surface area contributed by atoms with Gasteiger partial charge in [0.05, 0.1) is 13.2 Å². The van der Waals surface area contributed by atoms with E-state index in [9.17, 15) is 0 Å². The summed E-state index contributed by atoms with van der Waals surface area (Å²) in [5.41, 5.74) is 0. The Morgan fingerprint density at radius 2 is 1.43 bits per heavy atom. The summed E-state index contributed by atoms with van der Waals surface area (Å²) >= 11 is -5.25. The van der Waals surface area contributed by atoms with Gasteiger partial charge in [-0.05, 0) is 0 Å². The van der Waals surface area contributed by atoms with Crippen LogP contribution in [0.5, 0.6) is 0 Å². The van der Waals surface area contributed by atoms with Crippen molar-refractivity contribution in [2.24, 2.45) is 0 Å². The number of hydrogen-bond donors (Lipinski definition) is 3. The van der Waals surface area contributed by atoms with Gasteiger partial charge >= 0.3 is 29.5 Å². The fraction of sp³-hybridized carbons (Fsp3) is 0.800. The second-order valence-corrected chi connectivity index (χ2v) is 3.30. The fourth-order valence-corrected chi connectivity index (χ4v) is 0.295. The zero-order valence-electron chi connectivity index (χ0n) is 7.41. The first-order valence-electron chi connectivity index (χ1n) is 3.28. The van der Waals surface area contributed by atoms with Gasteiger partial charge in [0.2, 0.25) is 0 Å². The Balaban J connectivity index is 0. The number of hydrogen-bond acceptors (Lipinski definition) is 5. The number of aliphatic carboxylic acids is 1. The monoisotopic (exact) mass is 252 g/mol. The summed E-state index contributed by atoms with van der Waals surface area (Å²) in [6, 6.07) is 0.